The summed E-state index contributed by atoms with van der Waals surface area (Å²) >= 11 is 3.37. The first-order valence-electron chi connectivity index (χ1n) is 6.67. The molecule has 0 saturated heterocycles. The van der Waals surface area contributed by atoms with Crippen LogP contribution >= 0.6 is 15.9 Å². The number of hydrogen-bond donors (Lipinski definition) is 1. The van der Waals surface area contributed by atoms with E-state index in [9.17, 15) is 4.79 Å². The van der Waals surface area contributed by atoms with Gasteiger partial charge in [-0.3, -0.25) is 4.79 Å². The SMILES string of the molecule is COc1ccc(Br)c(C(=O)NCc2ccc3c(c2)OCO3)c1. The molecule has 1 aliphatic rings. The summed E-state index contributed by atoms with van der Waals surface area (Å²) in [5, 5.41) is 2.88. The lowest BCUT2D eigenvalue weighted by Gasteiger charge is -2.09. The number of nitrogens with one attached hydrogen (secondary N) is 1. The van der Waals surface area contributed by atoms with Crippen LogP contribution in [0.3, 0.4) is 0 Å². The molecule has 1 aliphatic heterocycles. The molecule has 22 heavy (non-hydrogen) atoms. The molecule has 0 aliphatic carbocycles. The zero-order valence-corrected chi connectivity index (χ0v) is 13.5. The van der Waals surface area contributed by atoms with Crippen molar-refractivity contribution in [2.75, 3.05) is 13.9 Å². The predicted molar refractivity (Wildman–Crippen MR) is 84.4 cm³/mol. The maximum absolute atomic E-state index is 12.3. The number of rotatable bonds is 4. The minimum Gasteiger partial charge on any atom is -0.497 e. The third-order valence-corrected chi connectivity index (χ3v) is 4.00. The lowest BCUT2D eigenvalue weighted by Crippen LogP contribution is -2.23. The van der Waals surface area contributed by atoms with Gasteiger partial charge in [0.25, 0.3) is 5.91 Å². The van der Waals surface area contributed by atoms with Gasteiger partial charge >= 0.3 is 0 Å². The molecule has 0 atom stereocenters. The zero-order valence-electron chi connectivity index (χ0n) is 11.9. The third-order valence-electron chi connectivity index (χ3n) is 3.31. The Morgan fingerprint density at radius 1 is 1.23 bits per heavy atom. The van der Waals surface area contributed by atoms with Gasteiger partial charge in [-0.05, 0) is 51.8 Å². The van der Waals surface area contributed by atoms with E-state index in [1.165, 1.54) is 0 Å². The van der Waals surface area contributed by atoms with E-state index in [1.54, 1.807) is 25.3 Å². The van der Waals surface area contributed by atoms with Gasteiger partial charge in [-0.2, -0.15) is 0 Å². The van der Waals surface area contributed by atoms with Crippen molar-refractivity contribution in [3.05, 3.63) is 52.0 Å². The standard InChI is InChI=1S/C16H14BrNO4/c1-20-11-3-4-13(17)12(7-11)16(19)18-8-10-2-5-14-15(6-10)22-9-21-14/h2-7H,8-9H2,1H3,(H,18,19). The Labute approximate surface area is 136 Å². The Bertz CT molecular complexity index is 717. The van der Waals surface area contributed by atoms with Crippen molar-refractivity contribution in [2.24, 2.45) is 0 Å². The second-order valence-electron chi connectivity index (χ2n) is 4.72. The Morgan fingerprint density at radius 3 is 2.86 bits per heavy atom. The van der Waals surface area contributed by atoms with Gasteiger partial charge in [0, 0.05) is 11.0 Å². The number of halogens is 1. The van der Waals surface area contributed by atoms with Crippen molar-refractivity contribution >= 4 is 21.8 Å². The number of amides is 1. The zero-order chi connectivity index (χ0) is 15.5. The van der Waals surface area contributed by atoms with Crippen molar-refractivity contribution in [3.8, 4) is 17.2 Å². The largest absolute Gasteiger partial charge is 0.497 e. The minimum atomic E-state index is -0.177. The van der Waals surface area contributed by atoms with E-state index in [0.29, 0.717) is 23.6 Å². The van der Waals surface area contributed by atoms with Gasteiger partial charge in [0.1, 0.15) is 5.75 Å². The van der Waals surface area contributed by atoms with Crippen molar-refractivity contribution in [2.45, 2.75) is 6.54 Å². The average Bonchev–Trinajstić information content (AvgIpc) is 3.00. The van der Waals surface area contributed by atoms with Crippen LogP contribution in [-0.2, 0) is 6.54 Å². The maximum Gasteiger partial charge on any atom is 0.252 e. The van der Waals surface area contributed by atoms with Crippen LogP contribution in [0.5, 0.6) is 17.2 Å². The smallest absolute Gasteiger partial charge is 0.252 e. The molecule has 0 fully saturated rings. The summed E-state index contributed by atoms with van der Waals surface area (Å²) in [5.74, 6) is 1.89. The highest BCUT2D eigenvalue weighted by Gasteiger charge is 2.14. The number of fused-ring (bicyclic) bond motifs is 1. The molecule has 5 nitrogen and oxygen atoms in total. The molecule has 1 heterocycles. The van der Waals surface area contributed by atoms with Crippen LogP contribution in [0.25, 0.3) is 0 Å². The van der Waals surface area contributed by atoms with Gasteiger partial charge in [0.05, 0.1) is 12.7 Å². The Hall–Kier alpha value is -2.21. The topological polar surface area (TPSA) is 56.8 Å². The summed E-state index contributed by atoms with van der Waals surface area (Å²) in [7, 11) is 1.57. The molecule has 1 amide bonds. The summed E-state index contributed by atoms with van der Waals surface area (Å²) in [6.45, 7) is 0.640. The highest BCUT2D eigenvalue weighted by atomic mass is 79.9. The van der Waals surface area contributed by atoms with Crippen LogP contribution in [-0.4, -0.2) is 19.8 Å². The van der Waals surface area contributed by atoms with Gasteiger partial charge in [-0.1, -0.05) is 6.07 Å². The van der Waals surface area contributed by atoms with Crippen molar-refractivity contribution < 1.29 is 19.0 Å². The first-order chi connectivity index (χ1) is 10.7. The Balaban J connectivity index is 1.70. The molecule has 6 heteroatoms. The number of methoxy groups -OCH3 is 1. The molecule has 2 aromatic rings. The van der Waals surface area contributed by atoms with Gasteiger partial charge in [0.15, 0.2) is 11.5 Å². The van der Waals surface area contributed by atoms with E-state index in [1.807, 2.05) is 18.2 Å². The fourth-order valence-corrected chi connectivity index (χ4v) is 2.56. The molecule has 0 spiro atoms. The molecule has 0 unspecified atom stereocenters. The molecule has 0 bridgehead atoms. The molecular formula is C16H14BrNO4. The molecule has 1 N–H and O–H groups in total. The Kier molecular flexibility index (Phi) is 4.20. The highest BCUT2D eigenvalue weighted by molar-refractivity contribution is 9.10. The van der Waals surface area contributed by atoms with Crippen LogP contribution < -0.4 is 19.5 Å². The van der Waals surface area contributed by atoms with Crippen molar-refractivity contribution in [1.29, 1.82) is 0 Å². The molecule has 0 aromatic heterocycles. The lowest BCUT2D eigenvalue weighted by atomic mass is 10.1. The monoisotopic (exact) mass is 363 g/mol. The van der Waals surface area contributed by atoms with Crippen LogP contribution in [0.1, 0.15) is 15.9 Å². The fourth-order valence-electron chi connectivity index (χ4n) is 2.13. The molecule has 3 rings (SSSR count). The number of carbonyl (C=O) groups is 1. The normalized spacial score (nSPS) is 12.1. The summed E-state index contributed by atoms with van der Waals surface area (Å²) in [5.41, 5.74) is 1.47. The van der Waals surface area contributed by atoms with E-state index in [2.05, 4.69) is 21.2 Å². The van der Waals surface area contributed by atoms with Crippen LogP contribution in [0.2, 0.25) is 0 Å². The first-order valence-corrected chi connectivity index (χ1v) is 7.47. The highest BCUT2D eigenvalue weighted by Crippen LogP contribution is 2.32. The second kappa shape index (κ2) is 6.27. The van der Waals surface area contributed by atoms with E-state index in [0.717, 1.165) is 15.8 Å². The van der Waals surface area contributed by atoms with E-state index in [4.69, 9.17) is 14.2 Å². The fraction of sp³-hybridized carbons (Fsp3) is 0.188. The number of carbonyl (C=O) groups excluding carboxylic acids is 1. The average molecular weight is 364 g/mol. The van der Waals surface area contributed by atoms with E-state index >= 15 is 0 Å². The molecule has 2 aromatic carbocycles. The maximum atomic E-state index is 12.3. The van der Waals surface area contributed by atoms with Crippen molar-refractivity contribution in [1.82, 2.24) is 5.32 Å². The number of ether oxygens (including phenoxy) is 3. The minimum absolute atomic E-state index is 0.177. The van der Waals surface area contributed by atoms with Gasteiger partial charge in [0.2, 0.25) is 6.79 Å². The molecular weight excluding hydrogens is 350 g/mol. The second-order valence-corrected chi connectivity index (χ2v) is 5.57. The Morgan fingerprint density at radius 2 is 2.05 bits per heavy atom. The van der Waals surface area contributed by atoms with Crippen molar-refractivity contribution in [3.63, 3.8) is 0 Å². The summed E-state index contributed by atoms with van der Waals surface area (Å²) in [6, 6.07) is 10.9. The van der Waals surface area contributed by atoms with Gasteiger partial charge in [-0.15, -0.1) is 0 Å². The van der Waals surface area contributed by atoms with Gasteiger partial charge < -0.3 is 19.5 Å². The van der Waals surface area contributed by atoms with E-state index < -0.39 is 0 Å². The first kappa shape index (κ1) is 14.7. The quantitative estimate of drug-likeness (QED) is 0.906. The number of hydrogen-bond acceptors (Lipinski definition) is 4. The molecule has 114 valence electrons. The summed E-state index contributed by atoms with van der Waals surface area (Å²) < 4.78 is 16.4. The van der Waals surface area contributed by atoms with Crippen LogP contribution in [0.4, 0.5) is 0 Å². The molecule has 0 radical (unpaired) electrons. The predicted octanol–water partition coefficient (Wildman–Crippen LogP) is 3.12. The summed E-state index contributed by atoms with van der Waals surface area (Å²) in [6.07, 6.45) is 0. The van der Waals surface area contributed by atoms with E-state index in [-0.39, 0.29) is 12.7 Å². The van der Waals surface area contributed by atoms with Crippen LogP contribution in [0, 0.1) is 0 Å². The number of benzene rings is 2. The third kappa shape index (κ3) is 3.01. The summed E-state index contributed by atoms with van der Waals surface area (Å²) in [4.78, 5) is 12.3. The van der Waals surface area contributed by atoms with Crippen LogP contribution in [0.15, 0.2) is 40.9 Å². The lowest BCUT2D eigenvalue weighted by molar-refractivity contribution is 0.0949. The molecule has 0 saturated carbocycles. The van der Waals surface area contributed by atoms with Gasteiger partial charge in [-0.25, -0.2) is 0 Å².